The first kappa shape index (κ1) is 18.0. The van der Waals surface area contributed by atoms with Crippen LogP contribution in [0.5, 0.6) is 0 Å². The molecule has 1 fully saturated rings. The maximum Gasteiger partial charge on any atom is 0.307 e. The van der Waals surface area contributed by atoms with E-state index >= 15 is 0 Å². The first-order valence-corrected chi connectivity index (χ1v) is 7.80. The quantitative estimate of drug-likeness (QED) is 0.721. The van der Waals surface area contributed by atoms with Crippen molar-refractivity contribution in [2.45, 2.75) is 46.5 Å². The van der Waals surface area contributed by atoms with E-state index in [1.54, 1.807) is 7.11 Å². The largest absolute Gasteiger partial charge is 0.481 e. The number of ether oxygens (including phenoxy) is 1. The molecule has 1 aliphatic rings. The van der Waals surface area contributed by atoms with Gasteiger partial charge in [-0.25, -0.2) is 0 Å². The molecular formula is C16H29NO4. The van der Waals surface area contributed by atoms with E-state index < -0.39 is 11.9 Å². The zero-order valence-corrected chi connectivity index (χ0v) is 13.6. The standard InChI is InChI=1S/C16H29NO4/c1-5-11-8-12(13(9-11)15(19)20)14(18)17-10-16(2,3)6-7-21-4/h11-13H,5-10H2,1-4H3,(H,17,18)(H,19,20). The predicted octanol–water partition coefficient (Wildman–Crippen LogP) is 2.30. The van der Waals surface area contributed by atoms with Gasteiger partial charge in [0.1, 0.15) is 0 Å². The van der Waals surface area contributed by atoms with Gasteiger partial charge in [-0.15, -0.1) is 0 Å². The molecule has 0 bridgehead atoms. The topological polar surface area (TPSA) is 75.6 Å². The van der Waals surface area contributed by atoms with Crippen molar-refractivity contribution >= 4 is 11.9 Å². The fourth-order valence-electron chi connectivity index (χ4n) is 2.96. The van der Waals surface area contributed by atoms with Crippen LogP contribution in [0.4, 0.5) is 0 Å². The normalized spacial score (nSPS) is 25.8. The molecule has 0 spiro atoms. The summed E-state index contributed by atoms with van der Waals surface area (Å²) in [6.07, 6.45) is 3.11. The molecular weight excluding hydrogens is 270 g/mol. The molecule has 2 N–H and O–H groups in total. The minimum absolute atomic E-state index is 0.0485. The summed E-state index contributed by atoms with van der Waals surface area (Å²) in [5.41, 5.74) is -0.0485. The van der Waals surface area contributed by atoms with Crippen LogP contribution >= 0.6 is 0 Å². The fraction of sp³-hybridized carbons (Fsp3) is 0.875. The highest BCUT2D eigenvalue weighted by Gasteiger charge is 2.42. The van der Waals surface area contributed by atoms with Crippen LogP contribution < -0.4 is 5.32 Å². The molecule has 0 aliphatic heterocycles. The van der Waals surface area contributed by atoms with Crippen LogP contribution in [0.1, 0.15) is 46.5 Å². The lowest BCUT2D eigenvalue weighted by atomic mass is 9.89. The number of hydrogen-bond donors (Lipinski definition) is 2. The molecule has 0 radical (unpaired) electrons. The number of amides is 1. The molecule has 1 rings (SSSR count). The molecule has 122 valence electrons. The molecule has 21 heavy (non-hydrogen) atoms. The van der Waals surface area contributed by atoms with Gasteiger partial charge in [-0.3, -0.25) is 9.59 Å². The van der Waals surface area contributed by atoms with Gasteiger partial charge in [-0.05, 0) is 30.6 Å². The molecule has 1 amide bonds. The van der Waals surface area contributed by atoms with Gasteiger partial charge in [0, 0.05) is 20.3 Å². The third-order valence-corrected chi connectivity index (χ3v) is 4.62. The van der Waals surface area contributed by atoms with Crippen LogP contribution in [0.3, 0.4) is 0 Å². The van der Waals surface area contributed by atoms with E-state index in [1.165, 1.54) is 0 Å². The number of carbonyl (C=O) groups is 2. The van der Waals surface area contributed by atoms with E-state index in [9.17, 15) is 14.7 Å². The van der Waals surface area contributed by atoms with E-state index in [-0.39, 0.29) is 17.2 Å². The third kappa shape index (κ3) is 5.30. The van der Waals surface area contributed by atoms with Gasteiger partial charge in [-0.2, -0.15) is 0 Å². The maximum absolute atomic E-state index is 12.3. The number of carboxylic acid groups (broad SMARTS) is 1. The SMILES string of the molecule is CCC1CC(C(=O)O)C(C(=O)NCC(C)(C)CCOC)C1. The van der Waals surface area contributed by atoms with Crippen molar-refractivity contribution in [2.24, 2.45) is 23.2 Å². The molecule has 0 aromatic rings. The second-order valence-corrected chi connectivity index (χ2v) is 6.92. The first-order chi connectivity index (χ1) is 9.80. The second-order valence-electron chi connectivity index (χ2n) is 6.92. The van der Waals surface area contributed by atoms with Crippen molar-refractivity contribution < 1.29 is 19.4 Å². The number of hydrogen-bond acceptors (Lipinski definition) is 3. The molecule has 0 aromatic carbocycles. The number of rotatable bonds is 8. The van der Waals surface area contributed by atoms with Gasteiger partial charge < -0.3 is 15.2 Å². The molecule has 0 heterocycles. The van der Waals surface area contributed by atoms with Crippen molar-refractivity contribution in [3.63, 3.8) is 0 Å². The summed E-state index contributed by atoms with van der Waals surface area (Å²) in [7, 11) is 1.66. The second kappa shape index (κ2) is 7.78. The summed E-state index contributed by atoms with van der Waals surface area (Å²) in [6.45, 7) is 7.41. The summed E-state index contributed by atoms with van der Waals surface area (Å²) >= 11 is 0. The minimum Gasteiger partial charge on any atom is -0.481 e. The maximum atomic E-state index is 12.3. The lowest BCUT2D eigenvalue weighted by Crippen LogP contribution is -2.40. The lowest BCUT2D eigenvalue weighted by molar-refractivity contribution is -0.146. The molecule has 0 saturated heterocycles. The Kier molecular flexibility index (Phi) is 6.65. The zero-order valence-electron chi connectivity index (χ0n) is 13.6. The van der Waals surface area contributed by atoms with Crippen LogP contribution in [0, 0.1) is 23.2 Å². The van der Waals surface area contributed by atoms with Gasteiger partial charge in [0.15, 0.2) is 0 Å². The summed E-state index contributed by atoms with van der Waals surface area (Å²) in [4.78, 5) is 23.7. The highest BCUT2D eigenvalue weighted by atomic mass is 16.5. The van der Waals surface area contributed by atoms with Crippen LogP contribution in [-0.2, 0) is 14.3 Å². The Morgan fingerprint density at radius 3 is 2.43 bits per heavy atom. The minimum atomic E-state index is -0.843. The average Bonchev–Trinajstić information content (AvgIpc) is 2.87. The Morgan fingerprint density at radius 2 is 1.90 bits per heavy atom. The van der Waals surface area contributed by atoms with E-state index in [2.05, 4.69) is 26.1 Å². The molecule has 1 aliphatic carbocycles. The van der Waals surface area contributed by atoms with Gasteiger partial charge in [0.25, 0.3) is 0 Å². The third-order valence-electron chi connectivity index (χ3n) is 4.62. The zero-order chi connectivity index (χ0) is 16.0. The highest BCUT2D eigenvalue weighted by molar-refractivity contribution is 5.85. The number of methoxy groups -OCH3 is 1. The predicted molar refractivity (Wildman–Crippen MR) is 80.9 cm³/mol. The van der Waals surface area contributed by atoms with Gasteiger partial charge in [0.2, 0.25) is 5.91 Å². The van der Waals surface area contributed by atoms with E-state index in [0.29, 0.717) is 31.9 Å². The molecule has 3 atom stereocenters. The Hall–Kier alpha value is -1.10. The van der Waals surface area contributed by atoms with E-state index in [4.69, 9.17) is 4.74 Å². The van der Waals surface area contributed by atoms with E-state index in [0.717, 1.165) is 12.8 Å². The van der Waals surface area contributed by atoms with Gasteiger partial charge in [0.05, 0.1) is 11.8 Å². The Balaban J connectivity index is 2.55. The number of nitrogens with one attached hydrogen (secondary N) is 1. The Bertz CT molecular complexity index is 367. The Labute approximate surface area is 127 Å². The molecule has 5 nitrogen and oxygen atoms in total. The van der Waals surface area contributed by atoms with Gasteiger partial charge >= 0.3 is 5.97 Å². The molecule has 0 aromatic heterocycles. The Morgan fingerprint density at radius 1 is 1.29 bits per heavy atom. The smallest absolute Gasteiger partial charge is 0.307 e. The summed E-state index contributed by atoms with van der Waals surface area (Å²) in [6, 6.07) is 0. The summed E-state index contributed by atoms with van der Waals surface area (Å²) in [5.74, 6) is -1.51. The molecule has 5 heteroatoms. The van der Waals surface area contributed by atoms with Crippen molar-refractivity contribution in [3.8, 4) is 0 Å². The fourth-order valence-corrected chi connectivity index (χ4v) is 2.96. The number of carboxylic acids is 1. The van der Waals surface area contributed by atoms with Crippen molar-refractivity contribution in [1.82, 2.24) is 5.32 Å². The molecule has 1 saturated carbocycles. The van der Waals surface area contributed by atoms with Crippen molar-refractivity contribution in [2.75, 3.05) is 20.3 Å². The highest BCUT2D eigenvalue weighted by Crippen LogP contribution is 2.38. The van der Waals surface area contributed by atoms with Crippen LogP contribution in [-0.4, -0.2) is 37.2 Å². The summed E-state index contributed by atoms with van der Waals surface area (Å²) in [5, 5.41) is 12.2. The van der Waals surface area contributed by atoms with Gasteiger partial charge in [-0.1, -0.05) is 27.2 Å². The van der Waals surface area contributed by atoms with Crippen molar-refractivity contribution in [3.05, 3.63) is 0 Å². The van der Waals surface area contributed by atoms with Crippen LogP contribution in [0.2, 0.25) is 0 Å². The van der Waals surface area contributed by atoms with E-state index in [1.807, 2.05) is 0 Å². The van der Waals surface area contributed by atoms with Crippen LogP contribution in [0.25, 0.3) is 0 Å². The number of aliphatic carboxylic acids is 1. The monoisotopic (exact) mass is 299 g/mol. The first-order valence-electron chi connectivity index (χ1n) is 7.80. The molecule has 3 unspecified atom stereocenters. The lowest BCUT2D eigenvalue weighted by Gasteiger charge is -2.26. The van der Waals surface area contributed by atoms with Crippen molar-refractivity contribution in [1.29, 1.82) is 0 Å². The average molecular weight is 299 g/mol. The summed E-state index contributed by atoms with van der Waals surface area (Å²) < 4.78 is 5.07. The van der Waals surface area contributed by atoms with Crippen LogP contribution in [0.15, 0.2) is 0 Å². The number of carbonyl (C=O) groups excluding carboxylic acids is 1.